The lowest BCUT2D eigenvalue weighted by Crippen LogP contribution is -2.34. The lowest BCUT2D eigenvalue weighted by molar-refractivity contribution is -0.117. The molecule has 0 heterocycles. The van der Waals surface area contributed by atoms with E-state index < -0.39 is 0 Å². The standard InChI is InChI=1S/C4H9N5O/c1-3(10)7-4(5)8-9-6-2/h1-2H3,(H3,5,6,7,8,10). The van der Waals surface area contributed by atoms with Crippen LogP contribution < -0.4 is 11.1 Å². The zero-order valence-corrected chi connectivity index (χ0v) is 5.83. The Kier molecular flexibility index (Phi) is 3.78. The first-order valence-electron chi connectivity index (χ1n) is 2.56. The van der Waals surface area contributed by atoms with Crippen LogP contribution in [0.5, 0.6) is 0 Å². The summed E-state index contributed by atoms with van der Waals surface area (Å²) in [7, 11) is 1.45. The van der Waals surface area contributed by atoms with E-state index in [0.717, 1.165) is 0 Å². The molecule has 0 spiro atoms. The van der Waals surface area contributed by atoms with E-state index in [0.29, 0.717) is 0 Å². The summed E-state index contributed by atoms with van der Waals surface area (Å²) >= 11 is 0. The van der Waals surface area contributed by atoms with E-state index in [1.807, 2.05) is 0 Å². The van der Waals surface area contributed by atoms with Crippen LogP contribution in [0.4, 0.5) is 0 Å². The van der Waals surface area contributed by atoms with Crippen molar-refractivity contribution in [3.05, 3.63) is 0 Å². The highest BCUT2D eigenvalue weighted by Crippen LogP contribution is 1.71. The number of nitrogens with zero attached hydrogens (tertiary/aromatic N) is 3. The van der Waals surface area contributed by atoms with E-state index in [9.17, 15) is 4.79 Å². The van der Waals surface area contributed by atoms with Gasteiger partial charge < -0.3 is 5.73 Å². The average Bonchev–Trinajstić information content (AvgIpc) is 1.82. The Morgan fingerprint density at radius 2 is 2.20 bits per heavy atom. The van der Waals surface area contributed by atoms with E-state index >= 15 is 0 Å². The summed E-state index contributed by atoms with van der Waals surface area (Å²) in [5.74, 6) is -0.342. The molecule has 0 radical (unpaired) electrons. The van der Waals surface area contributed by atoms with E-state index in [-0.39, 0.29) is 11.9 Å². The molecule has 0 aromatic carbocycles. The molecule has 0 bridgehead atoms. The number of rotatable bonds is 1. The summed E-state index contributed by atoms with van der Waals surface area (Å²) in [6.45, 7) is 1.32. The van der Waals surface area contributed by atoms with Crippen molar-refractivity contribution in [3.8, 4) is 0 Å². The minimum atomic E-state index is -0.285. The zero-order chi connectivity index (χ0) is 7.98. The molecular formula is C4H9N5O. The Bertz CT molecular complexity index is 172. The van der Waals surface area contributed by atoms with Gasteiger partial charge in [0.05, 0.1) is 7.05 Å². The molecule has 0 aliphatic rings. The molecule has 0 aromatic rings. The van der Waals surface area contributed by atoms with Crippen LogP contribution in [0.25, 0.3) is 0 Å². The fraction of sp³-hybridized carbons (Fsp3) is 0.500. The summed E-state index contributed by atoms with van der Waals surface area (Å²) in [6, 6.07) is 0. The van der Waals surface area contributed by atoms with Gasteiger partial charge in [-0.05, 0) is 5.22 Å². The van der Waals surface area contributed by atoms with Crippen molar-refractivity contribution in [1.29, 1.82) is 0 Å². The van der Waals surface area contributed by atoms with Crippen LogP contribution in [-0.2, 0) is 4.79 Å². The topological polar surface area (TPSA) is 92.2 Å². The predicted octanol–water partition coefficient (Wildman–Crippen LogP) is -0.566. The van der Waals surface area contributed by atoms with Crippen molar-refractivity contribution in [3.63, 3.8) is 0 Å². The lowest BCUT2D eigenvalue weighted by Gasteiger charge is -1.94. The van der Waals surface area contributed by atoms with Crippen LogP contribution >= 0.6 is 0 Å². The molecule has 0 fully saturated rings. The Hall–Kier alpha value is -1.46. The van der Waals surface area contributed by atoms with Crippen LogP contribution in [0.15, 0.2) is 15.4 Å². The molecule has 0 saturated heterocycles. The van der Waals surface area contributed by atoms with Gasteiger partial charge in [0, 0.05) is 6.92 Å². The number of carbonyl (C=O) groups excluding carboxylic acids is 1. The minimum absolute atomic E-state index is 0.0573. The normalized spacial score (nSPS) is 12.0. The summed E-state index contributed by atoms with van der Waals surface area (Å²) in [4.78, 5) is 10.3. The van der Waals surface area contributed by atoms with Gasteiger partial charge in [-0.25, -0.2) is 0 Å². The van der Waals surface area contributed by atoms with Crippen molar-refractivity contribution in [2.75, 3.05) is 7.05 Å². The summed E-state index contributed by atoms with van der Waals surface area (Å²) in [5.41, 5.74) is 5.12. The molecule has 3 N–H and O–H groups in total. The van der Waals surface area contributed by atoms with Gasteiger partial charge in [0.25, 0.3) is 0 Å². The van der Waals surface area contributed by atoms with E-state index in [1.165, 1.54) is 14.0 Å². The molecule has 1 amide bonds. The highest BCUT2D eigenvalue weighted by atomic mass is 16.1. The van der Waals surface area contributed by atoms with Crippen LogP contribution in [0, 0.1) is 0 Å². The smallest absolute Gasteiger partial charge is 0.223 e. The van der Waals surface area contributed by atoms with E-state index in [4.69, 9.17) is 5.73 Å². The van der Waals surface area contributed by atoms with Gasteiger partial charge >= 0.3 is 0 Å². The number of hydrogen-bond acceptors (Lipinski definition) is 3. The van der Waals surface area contributed by atoms with Gasteiger partial charge in [-0.3, -0.25) is 10.1 Å². The van der Waals surface area contributed by atoms with Crippen molar-refractivity contribution in [1.82, 2.24) is 5.32 Å². The van der Waals surface area contributed by atoms with Crippen molar-refractivity contribution < 1.29 is 4.79 Å². The van der Waals surface area contributed by atoms with Crippen molar-refractivity contribution in [2.45, 2.75) is 6.92 Å². The van der Waals surface area contributed by atoms with Gasteiger partial charge in [0.2, 0.25) is 11.9 Å². The molecule has 56 valence electrons. The first-order chi connectivity index (χ1) is 4.66. The summed E-state index contributed by atoms with van der Waals surface area (Å²) in [5, 5.41) is 12.0. The van der Waals surface area contributed by atoms with Crippen LogP contribution in [0.3, 0.4) is 0 Å². The molecule has 6 nitrogen and oxygen atoms in total. The van der Waals surface area contributed by atoms with Crippen molar-refractivity contribution >= 4 is 11.9 Å². The van der Waals surface area contributed by atoms with Crippen molar-refractivity contribution in [2.24, 2.45) is 21.2 Å². The molecular weight excluding hydrogens is 134 g/mol. The monoisotopic (exact) mass is 143 g/mol. The maximum absolute atomic E-state index is 10.3. The minimum Gasteiger partial charge on any atom is -0.368 e. The molecule has 10 heavy (non-hydrogen) atoms. The Balaban J connectivity index is 3.82. The van der Waals surface area contributed by atoms with Gasteiger partial charge in [-0.2, -0.15) is 5.11 Å². The van der Waals surface area contributed by atoms with Gasteiger partial charge in [0.1, 0.15) is 0 Å². The van der Waals surface area contributed by atoms with Crippen LogP contribution in [0.2, 0.25) is 0 Å². The molecule has 0 atom stereocenters. The molecule has 0 unspecified atom stereocenters. The lowest BCUT2D eigenvalue weighted by atomic mass is 10.7. The second-order valence-corrected chi connectivity index (χ2v) is 1.46. The van der Waals surface area contributed by atoms with Gasteiger partial charge in [-0.1, -0.05) is 5.10 Å². The molecule has 0 rings (SSSR count). The second-order valence-electron chi connectivity index (χ2n) is 1.46. The first kappa shape index (κ1) is 8.54. The highest BCUT2D eigenvalue weighted by Gasteiger charge is 1.91. The third-order valence-electron chi connectivity index (χ3n) is 0.546. The number of hydrogen-bond donors (Lipinski definition) is 2. The van der Waals surface area contributed by atoms with Gasteiger partial charge in [-0.15, -0.1) is 0 Å². The van der Waals surface area contributed by atoms with E-state index in [2.05, 4.69) is 20.8 Å². The number of amides is 1. The number of carbonyl (C=O) groups is 1. The van der Waals surface area contributed by atoms with E-state index in [1.54, 1.807) is 0 Å². The Labute approximate surface area is 58.2 Å². The Morgan fingerprint density at radius 1 is 1.60 bits per heavy atom. The fourth-order valence-electron chi connectivity index (χ4n) is 0.298. The third-order valence-corrected chi connectivity index (χ3v) is 0.546. The molecule has 6 heteroatoms. The highest BCUT2D eigenvalue weighted by molar-refractivity contribution is 5.94. The maximum Gasteiger partial charge on any atom is 0.223 e. The molecule has 0 aliphatic heterocycles. The van der Waals surface area contributed by atoms with Crippen LogP contribution in [0.1, 0.15) is 6.92 Å². The summed E-state index contributed by atoms with van der Waals surface area (Å²) in [6.07, 6.45) is 0. The first-order valence-corrected chi connectivity index (χ1v) is 2.56. The van der Waals surface area contributed by atoms with Gasteiger partial charge in [0.15, 0.2) is 0 Å². The SMILES string of the molecule is CN=NN=C(N)NC(C)=O. The Morgan fingerprint density at radius 3 is 2.60 bits per heavy atom. The quantitative estimate of drug-likeness (QED) is 0.223. The molecule has 0 saturated carbocycles. The molecule has 0 aromatic heterocycles. The van der Waals surface area contributed by atoms with Crippen LogP contribution in [-0.4, -0.2) is 18.9 Å². The molecule has 0 aliphatic carbocycles. The maximum atomic E-state index is 10.3. The largest absolute Gasteiger partial charge is 0.368 e. The number of guanidine groups is 1. The predicted molar refractivity (Wildman–Crippen MR) is 36.2 cm³/mol. The summed E-state index contributed by atoms with van der Waals surface area (Å²) < 4.78 is 0. The second kappa shape index (κ2) is 4.42. The number of nitrogens with one attached hydrogen (secondary N) is 1. The average molecular weight is 143 g/mol. The zero-order valence-electron chi connectivity index (χ0n) is 5.83. The fourth-order valence-corrected chi connectivity index (χ4v) is 0.298. The third kappa shape index (κ3) is 4.69. The number of nitrogens with two attached hydrogens (primary N) is 1.